The molecule has 0 radical (unpaired) electrons. The Morgan fingerprint density at radius 2 is 1.77 bits per heavy atom. The van der Waals surface area contributed by atoms with Gasteiger partial charge in [-0.15, -0.1) is 0 Å². The van der Waals surface area contributed by atoms with Gasteiger partial charge in [0, 0.05) is 37.1 Å². The lowest BCUT2D eigenvalue weighted by molar-refractivity contribution is -0.147. The summed E-state index contributed by atoms with van der Waals surface area (Å²) in [5, 5.41) is 12.1. The predicted molar refractivity (Wildman–Crippen MR) is 117 cm³/mol. The number of nitrogens with one attached hydrogen (secondary N) is 1. The number of amides is 2. The molecule has 1 fully saturated rings. The number of hydrogen-bond donors (Lipinski definition) is 2. The van der Waals surface area contributed by atoms with Crippen LogP contribution in [0.3, 0.4) is 0 Å². The summed E-state index contributed by atoms with van der Waals surface area (Å²) < 4.78 is 56.3. The molecule has 35 heavy (non-hydrogen) atoms. The molecule has 0 aliphatic carbocycles. The van der Waals surface area contributed by atoms with Crippen molar-refractivity contribution in [2.75, 3.05) is 18.4 Å². The van der Waals surface area contributed by atoms with E-state index in [1.54, 1.807) is 13.8 Å². The van der Waals surface area contributed by atoms with Crippen LogP contribution in [0, 0.1) is 12.7 Å². The van der Waals surface area contributed by atoms with Crippen molar-refractivity contribution >= 4 is 17.8 Å². The minimum Gasteiger partial charge on any atom is -0.465 e. The molecule has 2 aliphatic rings. The molecule has 3 heterocycles. The van der Waals surface area contributed by atoms with Gasteiger partial charge in [0.15, 0.2) is 5.67 Å². The van der Waals surface area contributed by atoms with Gasteiger partial charge in [-0.2, -0.15) is 0 Å². The van der Waals surface area contributed by atoms with Gasteiger partial charge in [-0.3, -0.25) is 4.79 Å². The molecular formula is C23H25F4N5O3. The van der Waals surface area contributed by atoms with Gasteiger partial charge in [0.2, 0.25) is 0 Å². The molecule has 2 aromatic rings. The molecule has 0 saturated carbocycles. The highest BCUT2D eigenvalue weighted by atomic mass is 19.3. The number of nitrogens with zero attached hydrogens (tertiary/aromatic N) is 4. The van der Waals surface area contributed by atoms with E-state index in [0.717, 1.165) is 11.0 Å². The van der Waals surface area contributed by atoms with Crippen molar-refractivity contribution in [1.82, 2.24) is 19.8 Å². The number of halogens is 4. The lowest BCUT2D eigenvalue weighted by Gasteiger charge is -2.36. The summed E-state index contributed by atoms with van der Waals surface area (Å²) in [5.41, 5.74) is -1.80. The summed E-state index contributed by atoms with van der Waals surface area (Å²) in [6, 6.07) is 3.05. The minimum atomic E-state index is -2.96. The van der Waals surface area contributed by atoms with Crippen LogP contribution < -0.4 is 5.32 Å². The van der Waals surface area contributed by atoms with E-state index < -0.39 is 41.5 Å². The van der Waals surface area contributed by atoms with E-state index in [0.29, 0.717) is 22.9 Å². The Balaban J connectivity index is 1.53. The number of hydrogen-bond acceptors (Lipinski definition) is 5. The third kappa shape index (κ3) is 4.73. The molecule has 4 rings (SSSR count). The second-order valence-electron chi connectivity index (χ2n) is 8.86. The van der Waals surface area contributed by atoms with E-state index in [2.05, 4.69) is 15.3 Å². The van der Waals surface area contributed by atoms with Crippen molar-refractivity contribution in [2.45, 2.75) is 57.9 Å². The quantitative estimate of drug-likeness (QED) is 0.599. The first-order chi connectivity index (χ1) is 16.5. The van der Waals surface area contributed by atoms with E-state index in [1.807, 2.05) is 0 Å². The van der Waals surface area contributed by atoms with Crippen molar-refractivity contribution in [3.8, 4) is 0 Å². The number of carbonyl (C=O) groups excluding carboxylic acids is 1. The van der Waals surface area contributed by atoms with Gasteiger partial charge in [0.05, 0.1) is 30.4 Å². The zero-order valence-electron chi connectivity index (χ0n) is 19.2. The van der Waals surface area contributed by atoms with Crippen LogP contribution in [0.1, 0.15) is 60.4 Å². The van der Waals surface area contributed by atoms with Gasteiger partial charge in [0.1, 0.15) is 17.5 Å². The minimum absolute atomic E-state index is 0.0113. The molecule has 1 aromatic heterocycles. The fourth-order valence-corrected chi connectivity index (χ4v) is 4.55. The molecule has 1 unspecified atom stereocenters. The third-order valence-electron chi connectivity index (χ3n) is 6.50. The molecular weight excluding hydrogens is 470 g/mol. The number of fused-ring (bicyclic) bond motifs is 1. The number of carboxylic acid groups (broad SMARTS) is 1. The third-order valence-corrected chi connectivity index (χ3v) is 6.50. The van der Waals surface area contributed by atoms with Crippen molar-refractivity contribution in [2.24, 2.45) is 0 Å². The van der Waals surface area contributed by atoms with Crippen molar-refractivity contribution in [3.05, 3.63) is 52.2 Å². The first-order valence-electron chi connectivity index (χ1n) is 11.2. The molecule has 2 amide bonds. The van der Waals surface area contributed by atoms with Gasteiger partial charge in [-0.1, -0.05) is 18.2 Å². The number of alkyl halides is 3. The normalized spacial score (nSPS) is 17.9. The molecule has 1 saturated heterocycles. The van der Waals surface area contributed by atoms with E-state index in [4.69, 9.17) is 5.11 Å². The predicted octanol–water partition coefficient (Wildman–Crippen LogP) is 4.36. The van der Waals surface area contributed by atoms with Crippen LogP contribution in [0.4, 0.5) is 28.2 Å². The summed E-state index contributed by atoms with van der Waals surface area (Å²) in [6.45, 7) is 3.14. The molecule has 2 N–H and O–H groups in total. The number of carbonyl (C=O) groups is 2. The number of anilines is 1. The van der Waals surface area contributed by atoms with Crippen LogP contribution in [0.5, 0.6) is 0 Å². The fourth-order valence-electron chi connectivity index (χ4n) is 4.55. The Morgan fingerprint density at radius 3 is 2.40 bits per heavy atom. The lowest BCUT2D eigenvalue weighted by atomic mass is 9.92. The fraction of sp³-hybridized carbons (Fsp3) is 0.478. The Labute approximate surface area is 199 Å². The van der Waals surface area contributed by atoms with Gasteiger partial charge >= 0.3 is 6.09 Å². The average Bonchev–Trinajstić information content (AvgIpc) is 3.22. The SMILES string of the molecule is Cc1nc2c(c(NC(C)c3cccc(C(F)F)c3F)n1)CN(C(=O)C1(F)CCN(C(=O)O)CC1)C2. The molecule has 1 aromatic carbocycles. The molecule has 0 bridgehead atoms. The van der Waals surface area contributed by atoms with Crippen LogP contribution in [0.15, 0.2) is 18.2 Å². The number of aromatic nitrogens is 2. The first-order valence-corrected chi connectivity index (χ1v) is 11.2. The lowest BCUT2D eigenvalue weighted by Crippen LogP contribution is -2.52. The first kappa shape index (κ1) is 24.7. The van der Waals surface area contributed by atoms with E-state index >= 15 is 4.39 Å². The topological polar surface area (TPSA) is 98.7 Å². The molecule has 0 spiro atoms. The van der Waals surface area contributed by atoms with Crippen LogP contribution in [0.25, 0.3) is 0 Å². The summed E-state index contributed by atoms with van der Waals surface area (Å²) >= 11 is 0. The van der Waals surface area contributed by atoms with Crippen molar-refractivity contribution in [3.63, 3.8) is 0 Å². The van der Waals surface area contributed by atoms with Crippen LogP contribution >= 0.6 is 0 Å². The van der Waals surface area contributed by atoms with Gasteiger partial charge < -0.3 is 20.2 Å². The Morgan fingerprint density at radius 1 is 1.11 bits per heavy atom. The summed E-state index contributed by atoms with van der Waals surface area (Å²) in [6.07, 6.45) is -4.59. The van der Waals surface area contributed by atoms with Crippen molar-refractivity contribution < 1.29 is 32.3 Å². The number of rotatable bonds is 5. The highest BCUT2D eigenvalue weighted by molar-refractivity contribution is 5.86. The summed E-state index contributed by atoms with van der Waals surface area (Å²) in [5.74, 6) is -1.06. The molecule has 8 nitrogen and oxygen atoms in total. The maximum atomic E-state index is 15.5. The van der Waals surface area contributed by atoms with Gasteiger partial charge in [0.25, 0.3) is 12.3 Å². The smallest absolute Gasteiger partial charge is 0.407 e. The summed E-state index contributed by atoms with van der Waals surface area (Å²) in [4.78, 5) is 35.2. The van der Waals surface area contributed by atoms with Crippen LogP contribution in [-0.2, 0) is 17.9 Å². The standard InChI is InChI=1S/C23H25F4N5O3/c1-12(14-4-3-5-15(18(14)24)19(25)26)28-20-16-10-32(11-17(16)29-13(2)30-20)21(33)23(27)6-8-31(9-7-23)22(34)35/h3-5,12,19H,6-11H2,1-2H3,(H,34,35)(H,28,29,30). The van der Waals surface area contributed by atoms with Crippen LogP contribution in [0.2, 0.25) is 0 Å². The Kier molecular flexibility index (Phi) is 6.56. The largest absolute Gasteiger partial charge is 0.465 e. The highest BCUT2D eigenvalue weighted by Gasteiger charge is 2.46. The van der Waals surface area contributed by atoms with Crippen molar-refractivity contribution in [1.29, 1.82) is 0 Å². The maximum absolute atomic E-state index is 15.5. The monoisotopic (exact) mass is 495 g/mol. The number of benzene rings is 1. The Bertz CT molecular complexity index is 1150. The Hall–Kier alpha value is -3.44. The number of piperidine rings is 1. The van der Waals surface area contributed by atoms with Gasteiger partial charge in [-0.05, 0) is 13.8 Å². The molecule has 188 valence electrons. The molecule has 1 atom stereocenters. The zero-order valence-corrected chi connectivity index (χ0v) is 19.2. The average molecular weight is 495 g/mol. The second kappa shape index (κ2) is 9.31. The molecule has 2 aliphatic heterocycles. The van der Waals surface area contributed by atoms with Gasteiger partial charge in [-0.25, -0.2) is 32.3 Å². The van der Waals surface area contributed by atoms with Crippen LogP contribution in [-0.4, -0.2) is 55.6 Å². The maximum Gasteiger partial charge on any atom is 0.407 e. The van der Waals surface area contributed by atoms with E-state index in [9.17, 15) is 22.8 Å². The second-order valence-corrected chi connectivity index (χ2v) is 8.86. The number of likely N-dealkylation sites (tertiary alicyclic amines) is 1. The zero-order chi connectivity index (χ0) is 25.5. The molecule has 12 heteroatoms. The number of aryl methyl sites for hydroxylation is 1. The summed E-state index contributed by atoms with van der Waals surface area (Å²) in [7, 11) is 0. The van der Waals surface area contributed by atoms with E-state index in [-0.39, 0.29) is 44.6 Å². The van der Waals surface area contributed by atoms with E-state index in [1.165, 1.54) is 17.0 Å². The highest BCUT2D eigenvalue weighted by Crippen LogP contribution is 2.35.